The van der Waals surface area contributed by atoms with Gasteiger partial charge in [0.05, 0.1) is 0 Å². The topological polar surface area (TPSA) is 46.3 Å². The van der Waals surface area contributed by atoms with Crippen LogP contribution in [-0.2, 0) is 11.3 Å². The van der Waals surface area contributed by atoms with Gasteiger partial charge in [-0.1, -0.05) is 31.4 Å². The van der Waals surface area contributed by atoms with E-state index in [0.717, 1.165) is 31.2 Å². The summed E-state index contributed by atoms with van der Waals surface area (Å²) < 4.78 is 13.2. The van der Waals surface area contributed by atoms with E-state index in [4.69, 9.17) is 5.73 Å². The monoisotopic (exact) mass is 292 g/mol. The second-order valence-electron chi connectivity index (χ2n) is 6.14. The van der Waals surface area contributed by atoms with Gasteiger partial charge in [0.2, 0.25) is 5.91 Å². The molecular formula is C17H25FN2O. The van der Waals surface area contributed by atoms with E-state index in [9.17, 15) is 9.18 Å². The molecule has 0 saturated heterocycles. The molecule has 1 aromatic rings. The number of rotatable bonds is 5. The van der Waals surface area contributed by atoms with Crippen LogP contribution in [0.1, 0.15) is 51.0 Å². The Morgan fingerprint density at radius 3 is 2.67 bits per heavy atom. The minimum Gasteiger partial charge on any atom is -0.339 e. The lowest BCUT2D eigenvalue weighted by atomic mass is 9.80. The first-order valence-corrected chi connectivity index (χ1v) is 7.83. The summed E-state index contributed by atoms with van der Waals surface area (Å²) in [5.74, 6) is -0.190. The number of hydrogen-bond acceptors (Lipinski definition) is 2. The average molecular weight is 292 g/mol. The summed E-state index contributed by atoms with van der Waals surface area (Å²) in [5.41, 5.74) is 6.84. The van der Waals surface area contributed by atoms with E-state index in [0.29, 0.717) is 19.5 Å². The zero-order valence-electron chi connectivity index (χ0n) is 12.8. The van der Waals surface area contributed by atoms with Crippen molar-refractivity contribution >= 4 is 5.91 Å². The predicted octanol–water partition coefficient (Wildman–Crippen LogP) is 3.23. The second-order valence-corrected chi connectivity index (χ2v) is 6.14. The highest BCUT2D eigenvalue weighted by atomic mass is 19.1. The number of nitrogens with two attached hydrogens (primary N) is 1. The van der Waals surface area contributed by atoms with Crippen molar-refractivity contribution in [2.45, 2.75) is 57.5 Å². The fourth-order valence-electron chi connectivity index (χ4n) is 3.08. The molecule has 0 bridgehead atoms. The molecule has 116 valence electrons. The quantitative estimate of drug-likeness (QED) is 0.905. The minimum atomic E-state index is -0.343. The van der Waals surface area contributed by atoms with Gasteiger partial charge in [-0.3, -0.25) is 4.79 Å². The van der Waals surface area contributed by atoms with Crippen molar-refractivity contribution in [3.05, 3.63) is 35.6 Å². The minimum absolute atomic E-state index is 0.0751. The summed E-state index contributed by atoms with van der Waals surface area (Å²) in [7, 11) is 0. The molecule has 21 heavy (non-hydrogen) atoms. The Bertz CT molecular complexity index is 483. The molecule has 1 aliphatic carbocycles. The van der Waals surface area contributed by atoms with Gasteiger partial charge in [-0.15, -0.1) is 0 Å². The normalized spacial score (nSPS) is 17.5. The third-order valence-corrected chi connectivity index (χ3v) is 4.35. The van der Waals surface area contributed by atoms with E-state index in [1.54, 1.807) is 11.0 Å². The van der Waals surface area contributed by atoms with Crippen LogP contribution in [-0.4, -0.2) is 22.9 Å². The first-order valence-electron chi connectivity index (χ1n) is 7.83. The van der Waals surface area contributed by atoms with Gasteiger partial charge >= 0.3 is 0 Å². The predicted molar refractivity (Wildman–Crippen MR) is 82.1 cm³/mol. The van der Waals surface area contributed by atoms with E-state index >= 15 is 0 Å². The van der Waals surface area contributed by atoms with Gasteiger partial charge in [-0.05, 0) is 37.5 Å². The third-order valence-electron chi connectivity index (χ3n) is 4.35. The van der Waals surface area contributed by atoms with E-state index in [-0.39, 0.29) is 17.3 Å². The standard InChI is InChI=1S/C17H25FN2O/c1-2-20(13-14-7-6-8-15(18)11-14)16(21)12-17(19)9-4-3-5-10-17/h6-8,11H,2-5,9-10,12-13,19H2,1H3. The second kappa shape index (κ2) is 7.03. The number of benzene rings is 1. The van der Waals surface area contributed by atoms with Crippen molar-refractivity contribution in [3.8, 4) is 0 Å². The smallest absolute Gasteiger partial charge is 0.224 e. The summed E-state index contributed by atoms with van der Waals surface area (Å²) in [6.45, 7) is 3.01. The number of hydrogen-bond donors (Lipinski definition) is 1. The number of carbonyl (C=O) groups is 1. The van der Waals surface area contributed by atoms with Crippen LogP contribution in [0.25, 0.3) is 0 Å². The van der Waals surface area contributed by atoms with Crippen LogP contribution >= 0.6 is 0 Å². The van der Waals surface area contributed by atoms with Crippen molar-refractivity contribution < 1.29 is 9.18 Å². The lowest BCUT2D eigenvalue weighted by Crippen LogP contribution is -2.46. The molecule has 0 aromatic heterocycles. The Morgan fingerprint density at radius 1 is 1.33 bits per heavy atom. The summed E-state index contributed by atoms with van der Waals surface area (Å²) in [6.07, 6.45) is 5.69. The number of nitrogens with zero attached hydrogens (tertiary/aromatic N) is 1. The Hall–Kier alpha value is -1.42. The molecule has 0 atom stereocenters. The van der Waals surface area contributed by atoms with Crippen LogP contribution in [0.3, 0.4) is 0 Å². The van der Waals surface area contributed by atoms with Crippen LogP contribution < -0.4 is 5.73 Å². The Kier molecular flexibility index (Phi) is 5.34. The lowest BCUT2D eigenvalue weighted by Gasteiger charge is -2.34. The van der Waals surface area contributed by atoms with Crippen molar-refractivity contribution in [1.82, 2.24) is 4.90 Å². The maximum absolute atomic E-state index is 13.2. The number of carbonyl (C=O) groups excluding carboxylic acids is 1. The SMILES string of the molecule is CCN(Cc1cccc(F)c1)C(=O)CC1(N)CCCCC1. The summed E-state index contributed by atoms with van der Waals surface area (Å²) in [5, 5.41) is 0. The van der Waals surface area contributed by atoms with Crippen molar-refractivity contribution in [1.29, 1.82) is 0 Å². The highest BCUT2D eigenvalue weighted by molar-refractivity contribution is 5.77. The molecule has 2 N–H and O–H groups in total. The molecule has 2 rings (SSSR count). The van der Waals surface area contributed by atoms with E-state index in [2.05, 4.69) is 0 Å². The molecule has 0 spiro atoms. The molecule has 1 fully saturated rings. The Morgan fingerprint density at radius 2 is 2.05 bits per heavy atom. The highest BCUT2D eigenvalue weighted by Gasteiger charge is 2.31. The van der Waals surface area contributed by atoms with E-state index in [1.165, 1.54) is 18.6 Å². The molecule has 0 aliphatic heterocycles. The molecule has 0 unspecified atom stereocenters. The van der Waals surface area contributed by atoms with Crippen molar-refractivity contribution in [3.63, 3.8) is 0 Å². The van der Waals surface area contributed by atoms with Crippen molar-refractivity contribution in [2.75, 3.05) is 6.54 Å². The maximum atomic E-state index is 13.2. The molecule has 4 heteroatoms. The van der Waals surface area contributed by atoms with Crippen molar-refractivity contribution in [2.24, 2.45) is 5.73 Å². The van der Waals surface area contributed by atoms with Crippen LogP contribution in [0.5, 0.6) is 0 Å². The fraction of sp³-hybridized carbons (Fsp3) is 0.588. The Balaban J connectivity index is 1.98. The number of amides is 1. The maximum Gasteiger partial charge on any atom is 0.224 e. The molecule has 0 heterocycles. The summed E-state index contributed by atoms with van der Waals surface area (Å²) >= 11 is 0. The lowest BCUT2D eigenvalue weighted by molar-refractivity contribution is -0.133. The zero-order chi connectivity index (χ0) is 15.3. The molecule has 1 aromatic carbocycles. The molecule has 1 aliphatic rings. The first kappa shape index (κ1) is 16.0. The highest BCUT2D eigenvalue weighted by Crippen LogP contribution is 2.29. The van der Waals surface area contributed by atoms with E-state index in [1.807, 2.05) is 13.0 Å². The Labute approximate surface area is 126 Å². The molecule has 3 nitrogen and oxygen atoms in total. The van der Waals surface area contributed by atoms with Gasteiger partial charge < -0.3 is 10.6 Å². The zero-order valence-corrected chi connectivity index (χ0v) is 12.8. The number of halogens is 1. The molecular weight excluding hydrogens is 267 g/mol. The van der Waals surface area contributed by atoms with Crippen LogP contribution in [0.4, 0.5) is 4.39 Å². The summed E-state index contributed by atoms with van der Waals surface area (Å²) in [4.78, 5) is 14.3. The summed E-state index contributed by atoms with van der Waals surface area (Å²) in [6, 6.07) is 6.42. The van der Waals surface area contributed by atoms with Gasteiger partial charge in [0.25, 0.3) is 0 Å². The molecule has 1 amide bonds. The van der Waals surface area contributed by atoms with Crippen LogP contribution in [0, 0.1) is 5.82 Å². The molecule has 0 radical (unpaired) electrons. The average Bonchev–Trinajstić information content (AvgIpc) is 2.45. The third kappa shape index (κ3) is 4.53. The fourth-order valence-corrected chi connectivity index (χ4v) is 3.08. The van der Waals surface area contributed by atoms with Gasteiger partial charge in [0.1, 0.15) is 5.82 Å². The van der Waals surface area contributed by atoms with Gasteiger partial charge in [-0.25, -0.2) is 4.39 Å². The van der Waals surface area contributed by atoms with Gasteiger partial charge in [0, 0.05) is 25.0 Å². The van der Waals surface area contributed by atoms with Crippen LogP contribution in [0.15, 0.2) is 24.3 Å². The van der Waals surface area contributed by atoms with Gasteiger partial charge in [-0.2, -0.15) is 0 Å². The first-order chi connectivity index (χ1) is 10.0. The molecule has 1 saturated carbocycles. The van der Waals surface area contributed by atoms with E-state index < -0.39 is 0 Å². The van der Waals surface area contributed by atoms with Gasteiger partial charge in [0.15, 0.2) is 0 Å². The van der Waals surface area contributed by atoms with Crippen LogP contribution in [0.2, 0.25) is 0 Å². The largest absolute Gasteiger partial charge is 0.339 e.